The SMILES string of the molecule is CC(CN(C)C(=O)c1cc(O)ccc1N)N1CCOCC1.Cl. The Hall–Kier alpha value is -1.50. The van der Waals surface area contributed by atoms with Crippen LogP contribution >= 0.6 is 12.4 Å². The van der Waals surface area contributed by atoms with Gasteiger partial charge in [0.05, 0.1) is 18.8 Å². The van der Waals surface area contributed by atoms with Gasteiger partial charge in [0.25, 0.3) is 5.91 Å². The van der Waals surface area contributed by atoms with Crippen LogP contribution in [-0.2, 0) is 4.74 Å². The molecule has 7 heteroatoms. The largest absolute Gasteiger partial charge is 0.508 e. The second-order valence-electron chi connectivity index (χ2n) is 5.45. The first-order valence-corrected chi connectivity index (χ1v) is 7.15. The summed E-state index contributed by atoms with van der Waals surface area (Å²) < 4.78 is 5.33. The van der Waals surface area contributed by atoms with Crippen molar-refractivity contribution in [3.63, 3.8) is 0 Å². The predicted molar refractivity (Wildman–Crippen MR) is 88.6 cm³/mol. The lowest BCUT2D eigenvalue weighted by molar-refractivity contribution is 0.0142. The number of aromatic hydroxyl groups is 1. The highest BCUT2D eigenvalue weighted by atomic mass is 35.5. The van der Waals surface area contributed by atoms with Gasteiger partial charge in [0.1, 0.15) is 5.75 Å². The van der Waals surface area contributed by atoms with Gasteiger partial charge in [-0.05, 0) is 25.1 Å². The molecular weight excluding hydrogens is 306 g/mol. The van der Waals surface area contributed by atoms with E-state index in [1.54, 1.807) is 18.0 Å². The third-order valence-corrected chi connectivity index (χ3v) is 3.82. The highest BCUT2D eigenvalue weighted by molar-refractivity contribution is 5.99. The standard InChI is InChI=1S/C15H23N3O3.ClH/c1-11(18-5-7-21-8-6-18)10-17(2)15(20)13-9-12(19)3-4-14(13)16;/h3-4,9,11,19H,5-8,10,16H2,1-2H3;1H. The van der Waals surface area contributed by atoms with Crippen molar-refractivity contribution in [3.05, 3.63) is 23.8 Å². The molecule has 2 rings (SSSR count). The summed E-state index contributed by atoms with van der Waals surface area (Å²) in [5.74, 6) is -0.134. The molecular formula is C15H24ClN3O3. The van der Waals surface area contributed by atoms with E-state index in [9.17, 15) is 9.90 Å². The number of halogens is 1. The summed E-state index contributed by atoms with van der Waals surface area (Å²) in [6, 6.07) is 4.68. The van der Waals surface area contributed by atoms with E-state index in [4.69, 9.17) is 10.5 Å². The molecule has 1 saturated heterocycles. The van der Waals surface area contributed by atoms with Crippen LogP contribution in [0.4, 0.5) is 5.69 Å². The molecule has 0 radical (unpaired) electrons. The molecule has 1 aliphatic heterocycles. The van der Waals surface area contributed by atoms with E-state index in [1.807, 2.05) is 0 Å². The lowest BCUT2D eigenvalue weighted by atomic mass is 10.1. The van der Waals surface area contributed by atoms with Gasteiger partial charge in [-0.25, -0.2) is 0 Å². The van der Waals surface area contributed by atoms with E-state index >= 15 is 0 Å². The highest BCUT2D eigenvalue weighted by Gasteiger charge is 2.22. The summed E-state index contributed by atoms with van der Waals surface area (Å²) in [6.45, 7) is 5.95. The third kappa shape index (κ3) is 4.50. The van der Waals surface area contributed by atoms with Gasteiger partial charge in [-0.15, -0.1) is 12.4 Å². The molecule has 1 fully saturated rings. The molecule has 0 spiro atoms. The fourth-order valence-electron chi connectivity index (χ4n) is 2.55. The normalized spacial score (nSPS) is 16.6. The summed E-state index contributed by atoms with van der Waals surface area (Å²) in [6.07, 6.45) is 0. The zero-order valence-corrected chi connectivity index (χ0v) is 13.8. The Bertz CT molecular complexity index is 507. The number of morpholine rings is 1. The second kappa shape index (κ2) is 8.22. The molecule has 0 aliphatic carbocycles. The molecule has 1 aromatic rings. The van der Waals surface area contributed by atoms with Gasteiger partial charge in [-0.2, -0.15) is 0 Å². The molecule has 1 amide bonds. The fraction of sp³-hybridized carbons (Fsp3) is 0.533. The van der Waals surface area contributed by atoms with Crippen LogP contribution in [0.15, 0.2) is 18.2 Å². The summed E-state index contributed by atoms with van der Waals surface area (Å²) in [5, 5.41) is 9.51. The molecule has 0 aromatic heterocycles. The number of carbonyl (C=O) groups is 1. The van der Waals surface area contributed by atoms with Crippen LogP contribution in [0.25, 0.3) is 0 Å². The number of amides is 1. The summed E-state index contributed by atoms with van der Waals surface area (Å²) in [4.78, 5) is 16.4. The van der Waals surface area contributed by atoms with Gasteiger partial charge in [0, 0.05) is 38.4 Å². The molecule has 6 nitrogen and oxygen atoms in total. The van der Waals surface area contributed by atoms with E-state index in [-0.39, 0.29) is 30.1 Å². The Balaban J connectivity index is 0.00000242. The first kappa shape index (κ1) is 18.5. The topological polar surface area (TPSA) is 79.0 Å². The van der Waals surface area contributed by atoms with Gasteiger partial charge < -0.3 is 20.5 Å². The van der Waals surface area contributed by atoms with Crippen molar-refractivity contribution < 1.29 is 14.6 Å². The number of phenolic OH excluding ortho intramolecular Hbond substituents is 1. The summed E-state index contributed by atoms with van der Waals surface area (Å²) in [5.41, 5.74) is 6.53. The minimum Gasteiger partial charge on any atom is -0.508 e. The zero-order chi connectivity index (χ0) is 15.4. The van der Waals surface area contributed by atoms with Gasteiger partial charge in [-0.3, -0.25) is 9.69 Å². The number of anilines is 1. The number of carbonyl (C=O) groups excluding carboxylic acids is 1. The average molecular weight is 330 g/mol. The summed E-state index contributed by atoms with van der Waals surface area (Å²) >= 11 is 0. The third-order valence-electron chi connectivity index (χ3n) is 3.82. The minimum atomic E-state index is -0.177. The number of nitrogens with zero attached hydrogens (tertiary/aromatic N) is 2. The average Bonchev–Trinajstić information content (AvgIpc) is 2.49. The quantitative estimate of drug-likeness (QED) is 0.641. The number of phenols is 1. The number of benzene rings is 1. The maximum absolute atomic E-state index is 12.4. The smallest absolute Gasteiger partial charge is 0.255 e. The molecule has 1 atom stereocenters. The molecule has 3 N–H and O–H groups in total. The Morgan fingerprint density at radius 2 is 2.09 bits per heavy atom. The number of nitrogen functional groups attached to an aromatic ring is 1. The predicted octanol–water partition coefficient (Wildman–Crippen LogP) is 1.19. The van der Waals surface area contributed by atoms with Crippen molar-refractivity contribution in [2.75, 3.05) is 45.6 Å². The van der Waals surface area contributed by atoms with Crippen molar-refractivity contribution >= 4 is 24.0 Å². The lowest BCUT2D eigenvalue weighted by Gasteiger charge is -2.34. The zero-order valence-electron chi connectivity index (χ0n) is 13.0. The van der Waals surface area contributed by atoms with Gasteiger partial charge in [0.2, 0.25) is 0 Å². The number of rotatable bonds is 4. The number of hydrogen-bond acceptors (Lipinski definition) is 5. The van der Waals surface area contributed by atoms with Crippen molar-refractivity contribution in [2.45, 2.75) is 13.0 Å². The molecule has 124 valence electrons. The molecule has 1 heterocycles. The minimum absolute atomic E-state index is 0. The Morgan fingerprint density at radius 1 is 1.45 bits per heavy atom. The lowest BCUT2D eigenvalue weighted by Crippen LogP contribution is -2.47. The first-order chi connectivity index (χ1) is 9.99. The van der Waals surface area contributed by atoms with Gasteiger partial charge in [0.15, 0.2) is 0 Å². The van der Waals surface area contributed by atoms with Crippen LogP contribution in [0.2, 0.25) is 0 Å². The molecule has 0 saturated carbocycles. The van der Waals surface area contributed by atoms with E-state index in [0.29, 0.717) is 17.8 Å². The molecule has 1 unspecified atom stereocenters. The number of ether oxygens (including phenoxy) is 1. The highest BCUT2D eigenvalue weighted by Crippen LogP contribution is 2.20. The Kier molecular flexibility index (Phi) is 6.93. The van der Waals surface area contributed by atoms with Gasteiger partial charge in [-0.1, -0.05) is 0 Å². The monoisotopic (exact) mass is 329 g/mol. The van der Waals surface area contributed by atoms with Crippen LogP contribution in [-0.4, -0.2) is 66.8 Å². The van der Waals surface area contributed by atoms with Gasteiger partial charge >= 0.3 is 0 Å². The number of nitrogens with two attached hydrogens (primary N) is 1. The van der Waals surface area contributed by atoms with E-state index in [1.165, 1.54) is 12.1 Å². The van der Waals surface area contributed by atoms with E-state index in [2.05, 4.69) is 11.8 Å². The van der Waals surface area contributed by atoms with Crippen molar-refractivity contribution in [1.29, 1.82) is 0 Å². The maximum atomic E-state index is 12.4. The van der Waals surface area contributed by atoms with E-state index in [0.717, 1.165) is 26.3 Å². The van der Waals surface area contributed by atoms with Crippen LogP contribution in [0.1, 0.15) is 17.3 Å². The number of hydrogen-bond donors (Lipinski definition) is 2. The Morgan fingerprint density at radius 3 is 2.73 bits per heavy atom. The summed E-state index contributed by atoms with van der Waals surface area (Å²) in [7, 11) is 1.75. The molecule has 1 aliphatic rings. The molecule has 0 bridgehead atoms. The van der Waals surface area contributed by atoms with Crippen molar-refractivity contribution in [1.82, 2.24) is 9.80 Å². The van der Waals surface area contributed by atoms with Crippen LogP contribution in [0, 0.1) is 0 Å². The maximum Gasteiger partial charge on any atom is 0.255 e. The molecule has 1 aromatic carbocycles. The van der Waals surface area contributed by atoms with Crippen LogP contribution < -0.4 is 5.73 Å². The van der Waals surface area contributed by atoms with E-state index < -0.39 is 0 Å². The Labute approximate surface area is 137 Å². The van der Waals surface area contributed by atoms with Crippen LogP contribution in [0.5, 0.6) is 5.75 Å². The fourth-order valence-corrected chi connectivity index (χ4v) is 2.55. The molecule has 22 heavy (non-hydrogen) atoms. The number of likely N-dealkylation sites (N-methyl/N-ethyl adjacent to an activating group) is 1. The van der Waals surface area contributed by atoms with Crippen molar-refractivity contribution in [2.24, 2.45) is 0 Å². The second-order valence-corrected chi connectivity index (χ2v) is 5.45. The first-order valence-electron chi connectivity index (χ1n) is 7.15. The van der Waals surface area contributed by atoms with Crippen LogP contribution in [0.3, 0.4) is 0 Å². The van der Waals surface area contributed by atoms with Crippen molar-refractivity contribution in [3.8, 4) is 5.75 Å².